The number of para-hydroxylation sites is 1. The molecule has 2 aromatic heterocycles. The number of nitrogens with zero attached hydrogens (tertiary/aromatic N) is 3. The predicted octanol–water partition coefficient (Wildman–Crippen LogP) is 3.84. The summed E-state index contributed by atoms with van der Waals surface area (Å²) in [5.74, 6) is 2.16. The van der Waals surface area contributed by atoms with Gasteiger partial charge in [-0.3, -0.25) is 4.79 Å². The van der Waals surface area contributed by atoms with E-state index in [0.29, 0.717) is 17.7 Å². The number of pyridine rings is 1. The minimum atomic E-state index is 0.0233. The molecule has 2 heterocycles. The summed E-state index contributed by atoms with van der Waals surface area (Å²) in [6.07, 6.45) is 0. The Bertz CT molecular complexity index is 1180. The Morgan fingerprint density at radius 1 is 1.11 bits per heavy atom. The van der Waals surface area contributed by atoms with E-state index in [4.69, 9.17) is 4.74 Å². The van der Waals surface area contributed by atoms with Crippen LogP contribution in [0.1, 0.15) is 17.1 Å². The van der Waals surface area contributed by atoms with Gasteiger partial charge in [-0.1, -0.05) is 36.0 Å². The normalized spacial score (nSPS) is 11.1. The largest absolute Gasteiger partial charge is 0.486 e. The number of nitrogens with one attached hydrogen (secondary N) is 1. The zero-order valence-electron chi connectivity index (χ0n) is 15.7. The maximum absolute atomic E-state index is 12.2. The number of rotatable bonds is 6. The van der Waals surface area contributed by atoms with Gasteiger partial charge in [0.05, 0.1) is 0 Å². The standard InChI is InChI=1S/C21H20N4O2S/c1-14-6-5-7-16(10-14)27-12-20-23-24-21(25(20)2)28-13-15-11-19(26)17-8-3-4-9-18(17)22-15/h3-11H,12-13H2,1-2H3,(H,22,26). The maximum atomic E-state index is 12.2. The van der Waals surface area contributed by atoms with Gasteiger partial charge in [-0.05, 0) is 36.8 Å². The molecule has 0 unspecified atom stereocenters. The lowest BCUT2D eigenvalue weighted by molar-refractivity contribution is 0.290. The molecule has 0 saturated carbocycles. The number of hydrogen-bond donors (Lipinski definition) is 1. The molecule has 28 heavy (non-hydrogen) atoms. The van der Waals surface area contributed by atoms with Crippen LogP contribution < -0.4 is 10.2 Å². The second-order valence-corrected chi connectivity index (χ2v) is 7.50. The Kier molecular flexibility index (Phi) is 5.16. The number of thioether (sulfide) groups is 1. The Balaban J connectivity index is 1.44. The van der Waals surface area contributed by atoms with Gasteiger partial charge >= 0.3 is 0 Å². The van der Waals surface area contributed by atoms with Crippen molar-refractivity contribution < 1.29 is 4.74 Å². The Morgan fingerprint density at radius 3 is 2.82 bits per heavy atom. The van der Waals surface area contributed by atoms with E-state index in [1.807, 2.05) is 67.1 Å². The Morgan fingerprint density at radius 2 is 1.96 bits per heavy atom. The highest BCUT2D eigenvalue weighted by Crippen LogP contribution is 2.21. The molecular formula is C21H20N4O2S. The molecule has 0 aliphatic carbocycles. The number of aromatic amines is 1. The van der Waals surface area contributed by atoms with Crippen molar-refractivity contribution in [1.82, 2.24) is 19.7 Å². The number of hydrogen-bond acceptors (Lipinski definition) is 5. The molecule has 0 spiro atoms. The molecule has 6 nitrogen and oxygen atoms in total. The van der Waals surface area contributed by atoms with Crippen molar-refractivity contribution in [3.63, 3.8) is 0 Å². The smallest absolute Gasteiger partial charge is 0.191 e. The van der Waals surface area contributed by atoms with Crippen LogP contribution in [0.15, 0.2) is 64.5 Å². The topological polar surface area (TPSA) is 72.8 Å². The van der Waals surface area contributed by atoms with Gasteiger partial charge in [0, 0.05) is 35.5 Å². The molecule has 4 aromatic rings. The lowest BCUT2D eigenvalue weighted by Gasteiger charge is -2.07. The summed E-state index contributed by atoms with van der Waals surface area (Å²) < 4.78 is 7.73. The minimum Gasteiger partial charge on any atom is -0.486 e. The molecule has 0 fully saturated rings. The first-order chi connectivity index (χ1) is 13.6. The fourth-order valence-corrected chi connectivity index (χ4v) is 3.76. The van der Waals surface area contributed by atoms with E-state index in [1.54, 1.807) is 6.07 Å². The fraction of sp³-hybridized carbons (Fsp3) is 0.190. The minimum absolute atomic E-state index is 0.0233. The van der Waals surface area contributed by atoms with Crippen LogP contribution >= 0.6 is 11.8 Å². The van der Waals surface area contributed by atoms with Gasteiger partial charge in [0.25, 0.3) is 0 Å². The lowest BCUT2D eigenvalue weighted by Crippen LogP contribution is -2.05. The van der Waals surface area contributed by atoms with Gasteiger partial charge in [0.1, 0.15) is 12.4 Å². The lowest BCUT2D eigenvalue weighted by atomic mass is 10.2. The van der Waals surface area contributed by atoms with E-state index >= 15 is 0 Å². The molecule has 1 N–H and O–H groups in total. The van der Waals surface area contributed by atoms with Crippen LogP contribution in [0.3, 0.4) is 0 Å². The van der Waals surface area contributed by atoms with Crippen molar-refractivity contribution >= 4 is 22.7 Å². The Labute approximate surface area is 166 Å². The summed E-state index contributed by atoms with van der Waals surface area (Å²) >= 11 is 1.53. The third-order valence-electron chi connectivity index (χ3n) is 4.43. The van der Waals surface area contributed by atoms with Crippen LogP contribution in [0, 0.1) is 6.92 Å². The van der Waals surface area contributed by atoms with Crippen LogP contribution in [0.2, 0.25) is 0 Å². The van der Waals surface area contributed by atoms with E-state index in [2.05, 4.69) is 15.2 Å². The van der Waals surface area contributed by atoms with E-state index in [9.17, 15) is 4.79 Å². The summed E-state index contributed by atoms with van der Waals surface area (Å²) in [6, 6.07) is 17.1. The molecule has 142 valence electrons. The maximum Gasteiger partial charge on any atom is 0.191 e. The predicted molar refractivity (Wildman–Crippen MR) is 111 cm³/mol. The summed E-state index contributed by atoms with van der Waals surface area (Å²) in [5.41, 5.74) is 2.87. The summed E-state index contributed by atoms with van der Waals surface area (Å²) in [6.45, 7) is 2.38. The van der Waals surface area contributed by atoms with Crippen LogP contribution in [0.5, 0.6) is 5.75 Å². The van der Waals surface area contributed by atoms with Crippen molar-refractivity contribution in [2.45, 2.75) is 24.4 Å². The number of aromatic nitrogens is 4. The third kappa shape index (κ3) is 3.94. The van der Waals surface area contributed by atoms with Crippen LogP contribution in [0.25, 0.3) is 10.9 Å². The summed E-state index contributed by atoms with van der Waals surface area (Å²) in [5, 5.41) is 9.95. The number of fused-ring (bicyclic) bond motifs is 1. The molecule has 7 heteroatoms. The molecule has 0 amide bonds. The first kappa shape index (κ1) is 18.3. The second-order valence-electron chi connectivity index (χ2n) is 6.56. The van der Waals surface area contributed by atoms with Crippen molar-refractivity contribution in [1.29, 1.82) is 0 Å². The Hall–Kier alpha value is -3.06. The van der Waals surface area contributed by atoms with Crippen molar-refractivity contribution in [3.8, 4) is 5.75 Å². The molecule has 2 aromatic carbocycles. The highest BCUT2D eigenvalue weighted by atomic mass is 32.2. The van der Waals surface area contributed by atoms with Crippen molar-refractivity contribution in [2.75, 3.05) is 0 Å². The van der Waals surface area contributed by atoms with E-state index in [0.717, 1.165) is 33.5 Å². The van der Waals surface area contributed by atoms with Gasteiger partial charge < -0.3 is 14.3 Å². The van der Waals surface area contributed by atoms with Crippen molar-refractivity contribution in [2.24, 2.45) is 7.05 Å². The van der Waals surface area contributed by atoms with Gasteiger partial charge in [0.2, 0.25) is 0 Å². The first-order valence-electron chi connectivity index (χ1n) is 8.91. The molecule has 0 bridgehead atoms. The van der Waals surface area contributed by atoms with Crippen LogP contribution in [-0.2, 0) is 19.4 Å². The van der Waals surface area contributed by atoms with Gasteiger partial charge in [-0.2, -0.15) is 0 Å². The fourth-order valence-electron chi connectivity index (χ4n) is 2.92. The number of H-pyrrole nitrogens is 1. The average Bonchev–Trinajstić information content (AvgIpc) is 3.04. The molecule has 4 rings (SSSR count). The molecule has 0 radical (unpaired) electrons. The molecular weight excluding hydrogens is 372 g/mol. The quantitative estimate of drug-likeness (QED) is 0.505. The van der Waals surface area contributed by atoms with Crippen molar-refractivity contribution in [3.05, 3.63) is 81.9 Å². The SMILES string of the molecule is Cc1cccc(OCc2nnc(SCc3cc(=O)c4ccccc4[nH]3)n2C)c1. The van der Waals surface area contributed by atoms with Gasteiger partial charge in [0.15, 0.2) is 16.4 Å². The molecule has 0 aliphatic rings. The van der Waals surface area contributed by atoms with Crippen LogP contribution in [-0.4, -0.2) is 19.7 Å². The summed E-state index contributed by atoms with van der Waals surface area (Å²) in [4.78, 5) is 15.6. The summed E-state index contributed by atoms with van der Waals surface area (Å²) in [7, 11) is 1.92. The third-order valence-corrected chi connectivity index (χ3v) is 5.50. The average molecular weight is 392 g/mol. The van der Waals surface area contributed by atoms with Crippen LogP contribution in [0.4, 0.5) is 0 Å². The highest BCUT2D eigenvalue weighted by Gasteiger charge is 2.11. The number of benzene rings is 2. The second kappa shape index (κ2) is 7.90. The van der Waals surface area contributed by atoms with E-state index in [-0.39, 0.29) is 5.43 Å². The van der Waals surface area contributed by atoms with E-state index < -0.39 is 0 Å². The zero-order chi connectivity index (χ0) is 19.5. The number of ether oxygens (including phenoxy) is 1. The molecule has 0 atom stereocenters. The molecule has 0 aliphatic heterocycles. The zero-order valence-corrected chi connectivity index (χ0v) is 16.5. The highest BCUT2D eigenvalue weighted by molar-refractivity contribution is 7.98. The van der Waals surface area contributed by atoms with Gasteiger partial charge in [-0.15, -0.1) is 10.2 Å². The number of aryl methyl sites for hydroxylation is 1. The molecule has 0 saturated heterocycles. The first-order valence-corrected chi connectivity index (χ1v) is 9.90. The monoisotopic (exact) mass is 392 g/mol. The van der Waals surface area contributed by atoms with Gasteiger partial charge in [-0.25, -0.2) is 0 Å². The van der Waals surface area contributed by atoms with E-state index in [1.165, 1.54) is 11.8 Å².